The van der Waals surface area contributed by atoms with Gasteiger partial charge in [0.1, 0.15) is 11.5 Å². The summed E-state index contributed by atoms with van der Waals surface area (Å²) in [6.07, 6.45) is 0. The van der Waals surface area contributed by atoms with E-state index in [0.29, 0.717) is 17.5 Å². The Labute approximate surface area is 300 Å². The van der Waals surface area contributed by atoms with Gasteiger partial charge in [-0.2, -0.15) is 0 Å². The first-order chi connectivity index (χ1) is 25.8. The molecule has 0 fully saturated rings. The Bertz CT molecular complexity index is 2740. The number of rotatable bonds is 3. The summed E-state index contributed by atoms with van der Waals surface area (Å²) >= 11 is 0. The molecule has 2 heterocycles. The average molecular weight is 664 g/mol. The molecule has 0 atom stereocenters. The van der Waals surface area contributed by atoms with E-state index in [1.165, 1.54) is 22.3 Å². The molecule has 0 saturated heterocycles. The van der Waals surface area contributed by atoms with E-state index >= 15 is 0 Å². The molecule has 4 heteroatoms. The van der Waals surface area contributed by atoms with Crippen molar-refractivity contribution in [2.45, 2.75) is 5.41 Å². The van der Waals surface area contributed by atoms with Crippen LogP contribution >= 0.6 is 0 Å². The summed E-state index contributed by atoms with van der Waals surface area (Å²) in [5.41, 5.74) is 9.25. The van der Waals surface area contributed by atoms with Gasteiger partial charge >= 0.3 is 0 Å². The highest BCUT2D eigenvalue weighted by atomic mass is 16.5. The van der Waals surface area contributed by atoms with Gasteiger partial charge in [0.25, 0.3) is 0 Å². The van der Waals surface area contributed by atoms with Gasteiger partial charge in [0.2, 0.25) is 0 Å². The Kier molecular flexibility index (Phi) is 6.13. The number of benzene rings is 8. The van der Waals surface area contributed by atoms with Crippen molar-refractivity contribution in [2.24, 2.45) is 0 Å². The second kappa shape index (κ2) is 11.0. The van der Waals surface area contributed by atoms with Crippen LogP contribution in [0.3, 0.4) is 0 Å². The number of nitrogens with zero attached hydrogens (tertiary/aromatic N) is 3. The summed E-state index contributed by atoms with van der Waals surface area (Å²) in [6.45, 7) is 0. The van der Waals surface area contributed by atoms with Crippen molar-refractivity contribution in [2.75, 3.05) is 0 Å². The van der Waals surface area contributed by atoms with Gasteiger partial charge in [-0.05, 0) is 39.1 Å². The Hall–Kier alpha value is -6.91. The van der Waals surface area contributed by atoms with Crippen LogP contribution in [-0.2, 0) is 5.41 Å². The largest absolute Gasteiger partial charge is 0.455 e. The van der Waals surface area contributed by atoms with Gasteiger partial charge < -0.3 is 4.74 Å². The summed E-state index contributed by atoms with van der Waals surface area (Å²) in [4.78, 5) is 15.2. The quantitative estimate of drug-likeness (QED) is 0.189. The molecule has 0 bridgehead atoms. The van der Waals surface area contributed by atoms with Crippen LogP contribution < -0.4 is 4.74 Å². The van der Waals surface area contributed by atoms with E-state index in [1.807, 2.05) is 60.7 Å². The first kappa shape index (κ1) is 28.9. The molecule has 2 aliphatic rings. The fourth-order valence-corrected chi connectivity index (χ4v) is 8.48. The highest BCUT2D eigenvalue weighted by Crippen LogP contribution is 2.64. The van der Waals surface area contributed by atoms with Gasteiger partial charge in [-0.1, -0.05) is 170 Å². The lowest BCUT2D eigenvalue weighted by atomic mass is 9.65. The molecular formula is C48H29N3O. The second-order valence-corrected chi connectivity index (χ2v) is 13.5. The summed E-state index contributed by atoms with van der Waals surface area (Å²) < 4.78 is 7.13. The van der Waals surface area contributed by atoms with E-state index < -0.39 is 5.41 Å². The lowest BCUT2D eigenvalue weighted by Crippen LogP contribution is -2.32. The van der Waals surface area contributed by atoms with Crippen LogP contribution in [-0.4, -0.2) is 15.0 Å². The van der Waals surface area contributed by atoms with Crippen molar-refractivity contribution in [1.82, 2.24) is 15.0 Å². The Morgan fingerprint density at radius 3 is 1.42 bits per heavy atom. The van der Waals surface area contributed by atoms with Crippen molar-refractivity contribution in [3.05, 3.63) is 198 Å². The van der Waals surface area contributed by atoms with Crippen molar-refractivity contribution >= 4 is 21.5 Å². The molecule has 0 unspecified atom stereocenters. The van der Waals surface area contributed by atoms with E-state index in [1.54, 1.807) is 0 Å². The first-order valence-corrected chi connectivity index (χ1v) is 17.6. The number of hydrogen-bond acceptors (Lipinski definition) is 4. The van der Waals surface area contributed by atoms with Crippen molar-refractivity contribution in [3.8, 4) is 56.8 Å². The maximum absolute atomic E-state index is 7.13. The van der Waals surface area contributed by atoms with Crippen LogP contribution in [0.15, 0.2) is 176 Å². The number of ether oxygens (including phenoxy) is 1. The third-order valence-electron chi connectivity index (χ3n) is 10.8. The summed E-state index contributed by atoms with van der Waals surface area (Å²) in [6, 6.07) is 61.9. The zero-order chi connectivity index (χ0) is 34.2. The van der Waals surface area contributed by atoms with E-state index in [0.717, 1.165) is 60.9 Å². The maximum Gasteiger partial charge on any atom is 0.164 e. The standard InChI is InChI=1S/C48H29N3O/c1-3-15-32(16-4-1)45-49-46(33-17-5-2-6-18-33)51-47(50-45)34-23-26-38-37-21-11-12-22-39(37)48(42(38)29-34)40-27-24-30-13-7-9-19-35(30)43(40)52-44-36-20-10-8-14-31(36)25-28-41(44)48/h1-29H. The molecular weight excluding hydrogens is 635 g/mol. The van der Waals surface area contributed by atoms with Crippen LogP contribution in [0, 0.1) is 0 Å². The predicted molar refractivity (Wildman–Crippen MR) is 209 cm³/mol. The monoisotopic (exact) mass is 663 g/mol. The predicted octanol–water partition coefficient (Wildman–Crippen LogP) is 11.6. The van der Waals surface area contributed by atoms with Gasteiger partial charge in [0.05, 0.1) is 5.41 Å². The van der Waals surface area contributed by atoms with E-state index in [-0.39, 0.29) is 0 Å². The third kappa shape index (κ3) is 4.06. The van der Waals surface area contributed by atoms with Gasteiger partial charge in [-0.15, -0.1) is 0 Å². The van der Waals surface area contributed by atoms with Crippen LogP contribution in [0.5, 0.6) is 11.5 Å². The summed E-state index contributed by atoms with van der Waals surface area (Å²) in [5, 5.41) is 4.48. The molecule has 1 spiro atoms. The number of aromatic nitrogens is 3. The minimum absolute atomic E-state index is 0.631. The fraction of sp³-hybridized carbons (Fsp3) is 0.0208. The Morgan fingerprint density at radius 2 is 0.827 bits per heavy atom. The molecule has 1 aliphatic carbocycles. The second-order valence-electron chi connectivity index (χ2n) is 13.5. The number of fused-ring (bicyclic) bond motifs is 13. The summed E-state index contributed by atoms with van der Waals surface area (Å²) in [7, 11) is 0. The van der Waals surface area contributed by atoms with E-state index in [9.17, 15) is 0 Å². The van der Waals surface area contributed by atoms with Crippen LogP contribution in [0.1, 0.15) is 22.3 Å². The lowest BCUT2D eigenvalue weighted by molar-refractivity contribution is 0.447. The number of hydrogen-bond donors (Lipinski definition) is 0. The molecule has 1 aliphatic heterocycles. The molecule has 52 heavy (non-hydrogen) atoms. The lowest BCUT2D eigenvalue weighted by Gasteiger charge is -2.40. The molecule has 242 valence electrons. The van der Waals surface area contributed by atoms with Crippen molar-refractivity contribution in [1.29, 1.82) is 0 Å². The zero-order valence-corrected chi connectivity index (χ0v) is 28.0. The van der Waals surface area contributed by atoms with Crippen molar-refractivity contribution < 1.29 is 4.74 Å². The van der Waals surface area contributed by atoms with Gasteiger partial charge in [0, 0.05) is 38.6 Å². The molecule has 11 rings (SSSR count). The molecule has 0 saturated carbocycles. The highest BCUT2D eigenvalue weighted by Gasteiger charge is 2.52. The molecule has 8 aromatic carbocycles. The molecule has 1 aromatic heterocycles. The Morgan fingerprint density at radius 1 is 0.346 bits per heavy atom. The van der Waals surface area contributed by atoms with Crippen LogP contribution in [0.4, 0.5) is 0 Å². The van der Waals surface area contributed by atoms with Gasteiger partial charge in [-0.3, -0.25) is 0 Å². The zero-order valence-electron chi connectivity index (χ0n) is 28.0. The SMILES string of the molecule is c1ccc(-c2nc(-c3ccccc3)nc(-c3ccc4c(c3)C3(c5ccccc5-4)c4ccc5ccccc5c4Oc4c3ccc3ccccc43)n2)cc1. The minimum Gasteiger partial charge on any atom is -0.455 e. The molecule has 4 nitrogen and oxygen atoms in total. The van der Waals surface area contributed by atoms with Gasteiger partial charge in [-0.25, -0.2) is 15.0 Å². The Balaban J connectivity index is 1.24. The normalized spacial score (nSPS) is 13.3. The van der Waals surface area contributed by atoms with Crippen LogP contribution in [0.25, 0.3) is 66.8 Å². The summed E-state index contributed by atoms with van der Waals surface area (Å²) in [5.74, 6) is 3.71. The van der Waals surface area contributed by atoms with Crippen molar-refractivity contribution in [3.63, 3.8) is 0 Å². The van der Waals surface area contributed by atoms with E-state index in [4.69, 9.17) is 19.7 Å². The molecule has 9 aromatic rings. The van der Waals surface area contributed by atoms with Crippen LogP contribution in [0.2, 0.25) is 0 Å². The average Bonchev–Trinajstić information content (AvgIpc) is 3.51. The molecule has 0 radical (unpaired) electrons. The first-order valence-electron chi connectivity index (χ1n) is 17.6. The fourth-order valence-electron chi connectivity index (χ4n) is 8.48. The smallest absolute Gasteiger partial charge is 0.164 e. The minimum atomic E-state index is -0.656. The third-order valence-corrected chi connectivity index (χ3v) is 10.8. The highest BCUT2D eigenvalue weighted by molar-refractivity contribution is 6.00. The van der Waals surface area contributed by atoms with Gasteiger partial charge in [0.15, 0.2) is 17.5 Å². The molecule has 0 amide bonds. The molecule has 0 N–H and O–H groups in total. The maximum atomic E-state index is 7.13. The topological polar surface area (TPSA) is 47.9 Å². The van der Waals surface area contributed by atoms with E-state index in [2.05, 4.69) is 115 Å².